The van der Waals surface area contributed by atoms with Gasteiger partial charge in [0.15, 0.2) is 0 Å². The maximum atomic E-state index is 4.29. The van der Waals surface area contributed by atoms with Gasteiger partial charge in [-0.05, 0) is 12.8 Å². The Kier molecular flexibility index (Phi) is 2.71. The third-order valence-corrected chi connectivity index (χ3v) is 3.40. The molecule has 0 bridgehead atoms. The molecule has 0 unspecified atom stereocenters. The summed E-state index contributed by atoms with van der Waals surface area (Å²) in [4.78, 5) is 8.49. The van der Waals surface area contributed by atoms with Crippen molar-refractivity contribution < 1.29 is 0 Å². The summed E-state index contributed by atoms with van der Waals surface area (Å²) < 4.78 is 2.16. The van der Waals surface area contributed by atoms with Gasteiger partial charge in [0.1, 0.15) is 0 Å². The molecule has 0 spiro atoms. The largest absolute Gasteiger partial charge is 0.327 e. The van der Waals surface area contributed by atoms with E-state index in [2.05, 4.69) is 25.2 Å². The molecule has 1 aliphatic rings. The van der Waals surface area contributed by atoms with Crippen molar-refractivity contribution in [2.24, 2.45) is 0 Å². The van der Waals surface area contributed by atoms with Crippen molar-refractivity contribution in [3.05, 3.63) is 34.8 Å². The molecule has 1 fully saturated rings. The van der Waals surface area contributed by atoms with Crippen LogP contribution in [0, 0.1) is 0 Å². The van der Waals surface area contributed by atoms with Gasteiger partial charge in [0.2, 0.25) is 0 Å². The number of thiazole rings is 1. The number of aromatic nitrogens is 3. The van der Waals surface area contributed by atoms with Gasteiger partial charge < -0.3 is 9.88 Å². The predicted molar refractivity (Wildman–Crippen MR) is 63.3 cm³/mol. The van der Waals surface area contributed by atoms with Crippen molar-refractivity contribution in [3.8, 4) is 0 Å². The Morgan fingerprint density at radius 3 is 3.19 bits per heavy atom. The maximum Gasteiger partial charge on any atom is 0.0952 e. The van der Waals surface area contributed by atoms with Crippen molar-refractivity contribution in [2.45, 2.75) is 32.0 Å². The molecule has 0 atom stereocenters. The van der Waals surface area contributed by atoms with E-state index in [0.29, 0.717) is 0 Å². The second kappa shape index (κ2) is 4.35. The molecule has 0 saturated heterocycles. The first-order valence-corrected chi connectivity index (χ1v) is 6.45. The van der Waals surface area contributed by atoms with E-state index in [1.165, 1.54) is 18.5 Å². The summed E-state index contributed by atoms with van der Waals surface area (Å²) in [5.74, 6) is 0. The second-order valence-electron chi connectivity index (χ2n) is 4.15. The fourth-order valence-electron chi connectivity index (χ4n) is 1.66. The summed E-state index contributed by atoms with van der Waals surface area (Å²) in [7, 11) is 0. The van der Waals surface area contributed by atoms with Crippen molar-refractivity contribution in [1.29, 1.82) is 0 Å². The first-order chi connectivity index (χ1) is 7.92. The predicted octanol–water partition coefficient (Wildman–Crippen LogP) is 1.64. The fraction of sp³-hybridized carbons (Fsp3) is 0.455. The monoisotopic (exact) mass is 234 g/mol. The van der Waals surface area contributed by atoms with Crippen LogP contribution in [-0.2, 0) is 13.1 Å². The molecule has 1 N–H and O–H groups in total. The minimum Gasteiger partial charge on any atom is -0.327 e. The maximum absolute atomic E-state index is 4.29. The Bertz CT molecular complexity index is 444. The Hall–Kier alpha value is -1.20. The Balaban J connectivity index is 1.66. The molecule has 84 valence electrons. The topological polar surface area (TPSA) is 42.7 Å². The minimum atomic E-state index is 0.739. The van der Waals surface area contributed by atoms with Gasteiger partial charge in [-0.3, -0.25) is 0 Å². The number of imidazole rings is 1. The van der Waals surface area contributed by atoms with E-state index < -0.39 is 0 Å². The molecule has 2 aromatic rings. The van der Waals surface area contributed by atoms with Crippen molar-refractivity contribution in [1.82, 2.24) is 19.9 Å². The van der Waals surface area contributed by atoms with E-state index >= 15 is 0 Å². The van der Waals surface area contributed by atoms with Crippen LogP contribution in [0.3, 0.4) is 0 Å². The zero-order valence-corrected chi connectivity index (χ0v) is 9.78. The molecule has 2 heterocycles. The van der Waals surface area contributed by atoms with Crippen LogP contribution in [0.25, 0.3) is 0 Å². The molecule has 2 aromatic heterocycles. The third kappa shape index (κ3) is 2.31. The average Bonchev–Trinajstić information content (AvgIpc) is 2.79. The summed E-state index contributed by atoms with van der Waals surface area (Å²) in [6.45, 7) is 1.74. The first-order valence-electron chi connectivity index (χ1n) is 5.51. The fourth-order valence-corrected chi connectivity index (χ4v) is 2.21. The standard InChI is InChI=1S/C11H14N4S/c1-2-9(1)13-4-11-3-12-7-15(11)5-10-6-16-8-14-10/h3,6-9,13H,1-2,4-5H2. The highest BCUT2D eigenvalue weighted by Crippen LogP contribution is 2.19. The van der Waals surface area contributed by atoms with E-state index in [4.69, 9.17) is 0 Å². The SMILES string of the molecule is c1nc(Cn2cncc2CNC2CC2)cs1. The lowest BCUT2D eigenvalue weighted by atomic mass is 10.4. The quantitative estimate of drug-likeness (QED) is 0.855. The van der Waals surface area contributed by atoms with E-state index in [0.717, 1.165) is 24.8 Å². The highest BCUT2D eigenvalue weighted by atomic mass is 32.1. The van der Waals surface area contributed by atoms with Crippen LogP contribution in [0.4, 0.5) is 0 Å². The van der Waals surface area contributed by atoms with Gasteiger partial charge in [-0.15, -0.1) is 11.3 Å². The number of rotatable bonds is 5. The van der Waals surface area contributed by atoms with Crippen LogP contribution in [0.15, 0.2) is 23.4 Å². The van der Waals surface area contributed by atoms with Crippen molar-refractivity contribution in [3.63, 3.8) is 0 Å². The number of nitrogens with zero attached hydrogens (tertiary/aromatic N) is 3. The Morgan fingerprint density at radius 1 is 1.50 bits per heavy atom. The molecule has 3 rings (SSSR count). The van der Waals surface area contributed by atoms with Gasteiger partial charge >= 0.3 is 0 Å². The molecule has 0 radical (unpaired) electrons. The van der Waals surface area contributed by atoms with Crippen LogP contribution in [0.5, 0.6) is 0 Å². The third-order valence-electron chi connectivity index (χ3n) is 2.76. The molecule has 0 amide bonds. The highest BCUT2D eigenvalue weighted by molar-refractivity contribution is 7.07. The molecule has 0 aliphatic heterocycles. The van der Waals surface area contributed by atoms with Gasteiger partial charge in [-0.25, -0.2) is 9.97 Å². The number of hydrogen-bond acceptors (Lipinski definition) is 4. The lowest BCUT2D eigenvalue weighted by Crippen LogP contribution is -2.18. The summed E-state index contributed by atoms with van der Waals surface area (Å²) in [6, 6.07) is 0.739. The zero-order chi connectivity index (χ0) is 10.8. The van der Waals surface area contributed by atoms with Gasteiger partial charge in [-0.1, -0.05) is 0 Å². The molecule has 16 heavy (non-hydrogen) atoms. The van der Waals surface area contributed by atoms with Gasteiger partial charge in [0, 0.05) is 24.2 Å². The average molecular weight is 234 g/mol. The van der Waals surface area contributed by atoms with Crippen LogP contribution in [0.1, 0.15) is 24.2 Å². The summed E-state index contributed by atoms with van der Waals surface area (Å²) in [6.07, 6.45) is 6.45. The van der Waals surface area contributed by atoms with E-state index in [-0.39, 0.29) is 0 Å². The zero-order valence-electron chi connectivity index (χ0n) is 8.97. The summed E-state index contributed by atoms with van der Waals surface area (Å²) in [5, 5.41) is 5.58. The van der Waals surface area contributed by atoms with Crippen LogP contribution < -0.4 is 5.32 Å². The molecule has 1 aliphatic carbocycles. The highest BCUT2D eigenvalue weighted by Gasteiger charge is 2.20. The van der Waals surface area contributed by atoms with Crippen molar-refractivity contribution >= 4 is 11.3 Å². The minimum absolute atomic E-state index is 0.739. The molecule has 5 heteroatoms. The van der Waals surface area contributed by atoms with Gasteiger partial charge in [0.25, 0.3) is 0 Å². The molecule has 0 aromatic carbocycles. The normalized spacial score (nSPS) is 15.5. The summed E-state index contributed by atoms with van der Waals surface area (Å²) in [5.41, 5.74) is 4.21. The smallest absolute Gasteiger partial charge is 0.0952 e. The number of hydrogen-bond donors (Lipinski definition) is 1. The molecular formula is C11H14N4S. The van der Waals surface area contributed by atoms with Crippen molar-refractivity contribution in [2.75, 3.05) is 0 Å². The van der Waals surface area contributed by atoms with Gasteiger partial charge in [-0.2, -0.15) is 0 Å². The lowest BCUT2D eigenvalue weighted by Gasteiger charge is -2.07. The van der Waals surface area contributed by atoms with Crippen LogP contribution >= 0.6 is 11.3 Å². The Labute approximate surface area is 98.4 Å². The lowest BCUT2D eigenvalue weighted by molar-refractivity contribution is 0.631. The van der Waals surface area contributed by atoms with E-state index in [9.17, 15) is 0 Å². The molecular weight excluding hydrogens is 220 g/mol. The van der Waals surface area contributed by atoms with E-state index in [1.807, 2.05) is 18.0 Å². The number of nitrogens with one attached hydrogen (secondary N) is 1. The second-order valence-corrected chi connectivity index (χ2v) is 4.87. The molecule has 4 nitrogen and oxygen atoms in total. The molecule has 1 saturated carbocycles. The summed E-state index contributed by atoms with van der Waals surface area (Å²) >= 11 is 1.64. The van der Waals surface area contributed by atoms with E-state index in [1.54, 1.807) is 11.3 Å². The van der Waals surface area contributed by atoms with Crippen LogP contribution in [0.2, 0.25) is 0 Å². The Morgan fingerprint density at radius 2 is 2.44 bits per heavy atom. The van der Waals surface area contributed by atoms with Gasteiger partial charge in [0.05, 0.1) is 29.8 Å². The van der Waals surface area contributed by atoms with Crippen LogP contribution in [-0.4, -0.2) is 20.6 Å². The first kappa shape index (κ1) is 9.99.